The average Bonchev–Trinajstić information content (AvgIpc) is 2.93. The van der Waals surface area contributed by atoms with Gasteiger partial charge >= 0.3 is 11.7 Å². The first-order valence-electron chi connectivity index (χ1n) is 9.49. The molecule has 0 saturated carbocycles. The van der Waals surface area contributed by atoms with E-state index in [4.69, 9.17) is 16.0 Å². The van der Waals surface area contributed by atoms with Crippen LogP contribution in [0.15, 0.2) is 45.6 Å². The number of aryl methyl sites for hydroxylation is 1. The summed E-state index contributed by atoms with van der Waals surface area (Å²) in [5.41, 5.74) is -1.36. The molecule has 6 nitrogen and oxygen atoms in total. The number of amides is 3. The van der Waals surface area contributed by atoms with Gasteiger partial charge in [0.05, 0.1) is 6.54 Å². The van der Waals surface area contributed by atoms with Gasteiger partial charge in [0, 0.05) is 22.0 Å². The fourth-order valence-corrected chi connectivity index (χ4v) is 4.06. The number of halogens is 3. The van der Waals surface area contributed by atoms with E-state index < -0.39 is 34.7 Å². The Balaban J connectivity index is 1.77. The van der Waals surface area contributed by atoms with Crippen LogP contribution in [0, 0.1) is 11.6 Å². The fourth-order valence-electron chi connectivity index (χ4n) is 3.76. The zero-order chi connectivity index (χ0) is 22.5. The van der Waals surface area contributed by atoms with Crippen molar-refractivity contribution in [2.24, 2.45) is 0 Å². The Labute approximate surface area is 180 Å². The maximum absolute atomic E-state index is 14.3. The predicted molar refractivity (Wildman–Crippen MR) is 110 cm³/mol. The standard InChI is InChI=1S/C22H17ClF2N2O4/c1-3-11-6-18-14(9-16(11)23)12(7-19(28)31-18)10-27-20(29)22(2,26-21(27)30)15-8-13(24)4-5-17(15)25/h4-9H,3,10H2,1-2H3,(H,26,30). The minimum absolute atomic E-state index is 0.273. The number of imide groups is 1. The molecule has 1 aliphatic heterocycles. The molecule has 2 heterocycles. The first-order valence-corrected chi connectivity index (χ1v) is 9.86. The molecule has 1 fully saturated rings. The normalized spacial score (nSPS) is 18.7. The third-order valence-corrected chi connectivity index (χ3v) is 5.80. The monoisotopic (exact) mass is 446 g/mol. The van der Waals surface area contributed by atoms with Crippen molar-refractivity contribution in [2.45, 2.75) is 32.4 Å². The maximum Gasteiger partial charge on any atom is 0.336 e. The Bertz CT molecular complexity index is 1310. The molecule has 3 aromatic rings. The zero-order valence-corrected chi connectivity index (χ0v) is 17.3. The second-order valence-electron chi connectivity index (χ2n) is 7.45. The van der Waals surface area contributed by atoms with E-state index in [1.807, 2.05) is 6.92 Å². The number of carbonyl (C=O) groups is 2. The average molecular weight is 447 g/mol. The number of nitrogens with zero attached hydrogens (tertiary/aromatic N) is 1. The van der Waals surface area contributed by atoms with Crippen molar-refractivity contribution in [2.75, 3.05) is 0 Å². The van der Waals surface area contributed by atoms with E-state index in [0.29, 0.717) is 22.4 Å². The Hall–Kier alpha value is -3.26. The van der Waals surface area contributed by atoms with Crippen LogP contribution in [0.4, 0.5) is 13.6 Å². The SMILES string of the molecule is CCc1cc2oc(=O)cc(CN3C(=O)NC(C)(c4cc(F)ccc4F)C3=O)c2cc1Cl. The molecule has 1 aromatic heterocycles. The quantitative estimate of drug-likeness (QED) is 0.480. The summed E-state index contributed by atoms with van der Waals surface area (Å²) >= 11 is 6.29. The second-order valence-corrected chi connectivity index (χ2v) is 7.86. The first kappa shape index (κ1) is 21.0. The van der Waals surface area contributed by atoms with E-state index in [-0.39, 0.29) is 17.7 Å². The van der Waals surface area contributed by atoms with Crippen molar-refractivity contribution in [3.63, 3.8) is 0 Å². The van der Waals surface area contributed by atoms with E-state index >= 15 is 0 Å². The first-order chi connectivity index (χ1) is 14.6. The topological polar surface area (TPSA) is 79.6 Å². The van der Waals surface area contributed by atoms with Gasteiger partial charge in [-0.15, -0.1) is 0 Å². The highest BCUT2D eigenvalue weighted by atomic mass is 35.5. The molecule has 1 saturated heterocycles. The molecular weight excluding hydrogens is 430 g/mol. The molecule has 0 bridgehead atoms. The van der Waals surface area contributed by atoms with Gasteiger partial charge in [0.25, 0.3) is 5.91 Å². The molecule has 0 aliphatic carbocycles. The molecular formula is C22H17ClF2N2O4. The number of carbonyl (C=O) groups excluding carboxylic acids is 2. The lowest BCUT2D eigenvalue weighted by Gasteiger charge is -2.23. The fraction of sp³-hybridized carbons (Fsp3) is 0.227. The van der Waals surface area contributed by atoms with Crippen LogP contribution in [0.25, 0.3) is 11.0 Å². The summed E-state index contributed by atoms with van der Waals surface area (Å²) in [5, 5.41) is 3.35. The largest absolute Gasteiger partial charge is 0.423 e. The minimum atomic E-state index is -1.80. The van der Waals surface area contributed by atoms with Gasteiger partial charge in [-0.3, -0.25) is 9.69 Å². The number of urea groups is 1. The molecule has 2 aromatic carbocycles. The molecule has 9 heteroatoms. The second kappa shape index (κ2) is 7.46. The van der Waals surface area contributed by atoms with Gasteiger partial charge in [-0.2, -0.15) is 0 Å². The van der Waals surface area contributed by atoms with Gasteiger partial charge in [0.15, 0.2) is 0 Å². The van der Waals surface area contributed by atoms with Gasteiger partial charge in [-0.05, 0) is 54.8 Å². The summed E-state index contributed by atoms with van der Waals surface area (Å²) in [6.45, 7) is 2.92. The van der Waals surface area contributed by atoms with Gasteiger partial charge in [-0.25, -0.2) is 18.4 Å². The summed E-state index contributed by atoms with van der Waals surface area (Å²) in [6, 6.07) is 6.30. The number of rotatable bonds is 4. The lowest BCUT2D eigenvalue weighted by molar-refractivity contribution is -0.131. The Morgan fingerprint density at radius 2 is 1.84 bits per heavy atom. The van der Waals surface area contributed by atoms with Crippen LogP contribution in [-0.4, -0.2) is 16.8 Å². The molecule has 1 aliphatic rings. The number of benzene rings is 2. The number of hydrogen-bond donors (Lipinski definition) is 1. The Kier molecular flexibility index (Phi) is 5.05. The zero-order valence-electron chi connectivity index (χ0n) is 16.6. The van der Waals surface area contributed by atoms with E-state index in [1.165, 1.54) is 13.0 Å². The predicted octanol–water partition coefficient (Wildman–Crippen LogP) is 4.25. The number of nitrogens with one attached hydrogen (secondary N) is 1. The number of fused-ring (bicyclic) bond motifs is 1. The third-order valence-electron chi connectivity index (χ3n) is 5.45. The van der Waals surface area contributed by atoms with Crippen LogP contribution in [0.5, 0.6) is 0 Å². The van der Waals surface area contributed by atoms with Crippen molar-refractivity contribution in [3.8, 4) is 0 Å². The Morgan fingerprint density at radius 3 is 2.55 bits per heavy atom. The summed E-state index contributed by atoms with van der Waals surface area (Å²) in [6.07, 6.45) is 0.618. The summed E-state index contributed by atoms with van der Waals surface area (Å²) in [7, 11) is 0. The lowest BCUT2D eigenvalue weighted by Crippen LogP contribution is -2.41. The van der Waals surface area contributed by atoms with Gasteiger partial charge < -0.3 is 9.73 Å². The molecule has 3 amide bonds. The highest BCUT2D eigenvalue weighted by Gasteiger charge is 2.50. The lowest BCUT2D eigenvalue weighted by atomic mass is 9.91. The number of hydrogen-bond acceptors (Lipinski definition) is 4. The van der Waals surface area contributed by atoms with Gasteiger partial charge in [0.1, 0.15) is 22.8 Å². The summed E-state index contributed by atoms with van der Waals surface area (Å²) in [5.74, 6) is -2.35. The van der Waals surface area contributed by atoms with E-state index in [1.54, 1.807) is 12.1 Å². The van der Waals surface area contributed by atoms with Crippen LogP contribution in [0.2, 0.25) is 5.02 Å². The Morgan fingerprint density at radius 1 is 1.10 bits per heavy atom. The summed E-state index contributed by atoms with van der Waals surface area (Å²) < 4.78 is 33.3. The smallest absolute Gasteiger partial charge is 0.336 e. The van der Waals surface area contributed by atoms with Crippen molar-refractivity contribution < 1.29 is 22.8 Å². The molecule has 1 atom stereocenters. The van der Waals surface area contributed by atoms with Crippen molar-refractivity contribution in [3.05, 3.63) is 80.2 Å². The molecule has 160 valence electrons. The van der Waals surface area contributed by atoms with E-state index in [0.717, 1.165) is 28.7 Å². The van der Waals surface area contributed by atoms with Crippen LogP contribution in [0.3, 0.4) is 0 Å². The van der Waals surface area contributed by atoms with Crippen molar-refractivity contribution >= 4 is 34.5 Å². The highest BCUT2D eigenvalue weighted by molar-refractivity contribution is 6.32. The molecule has 0 radical (unpaired) electrons. The van der Waals surface area contributed by atoms with Crippen LogP contribution in [-0.2, 0) is 23.3 Å². The van der Waals surface area contributed by atoms with E-state index in [2.05, 4.69) is 5.32 Å². The molecule has 31 heavy (non-hydrogen) atoms. The molecule has 4 rings (SSSR count). The van der Waals surface area contributed by atoms with Crippen LogP contribution < -0.4 is 10.9 Å². The van der Waals surface area contributed by atoms with Crippen LogP contribution in [0.1, 0.15) is 30.5 Å². The third kappa shape index (κ3) is 3.46. The van der Waals surface area contributed by atoms with Gasteiger partial charge in [-0.1, -0.05) is 18.5 Å². The molecule has 1 unspecified atom stereocenters. The van der Waals surface area contributed by atoms with Crippen molar-refractivity contribution in [1.82, 2.24) is 10.2 Å². The minimum Gasteiger partial charge on any atom is -0.423 e. The molecule has 0 spiro atoms. The van der Waals surface area contributed by atoms with Crippen molar-refractivity contribution in [1.29, 1.82) is 0 Å². The van der Waals surface area contributed by atoms with E-state index in [9.17, 15) is 23.2 Å². The van der Waals surface area contributed by atoms with Gasteiger partial charge in [0.2, 0.25) is 0 Å². The highest BCUT2D eigenvalue weighted by Crippen LogP contribution is 2.33. The summed E-state index contributed by atoms with van der Waals surface area (Å²) in [4.78, 5) is 38.6. The molecule has 1 N–H and O–H groups in total. The van der Waals surface area contributed by atoms with Crippen LogP contribution >= 0.6 is 11.6 Å². The maximum atomic E-state index is 14.3.